The van der Waals surface area contributed by atoms with Gasteiger partial charge >= 0.3 is 0 Å². The summed E-state index contributed by atoms with van der Waals surface area (Å²) in [6.45, 7) is 0.295. The van der Waals surface area contributed by atoms with Crippen molar-refractivity contribution < 1.29 is 18.7 Å². The highest BCUT2D eigenvalue weighted by Crippen LogP contribution is 2.12. The summed E-state index contributed by atoms with van der Waals surface area (Å²) in [5.41, 5.74) is 5.53. The van der Waals surface area contributed by atoms with Crippen LogP contribution in [0, 0.1) is 0 Å². The SMILES string of the molecule is CN(Cc1ccco1)C(=O)COc1ccc(C(N)=O)cc1. The highest BCUT2D eigenvalue weighted by Gasteiger charge is 2.11. The number of carbonyl (C=O) groups excluding carboxylic acids is 2. The summed E-state index contributed by atoms with van der Waals surface area (Å²) >= 11 is 0. The maximum atomic E-state index is 11.9. The van der Waals surface area contributed by atoms with Crippen molar-refractivity contribution in [2.24, 2.45) is 5.73 Å². The average Bonchev–Trinajstić information content (AvgIpc) is 2.98. The lowest BCUT2D eigenvalue weighted by Crippen LogP contribution is -2.30. The van der Waals surface area contributed by atoms with Crippen LogP contribution in [-0.2, 0) is 11.3 Å². The van der Waals surface area contributed by atoms with Crippen molar-refractivity contribution in [1.29, 1.82) is 0 Å². The van der Waals surface area contributed by atoms with Crippen LogP contribution in [0.25, 0.3) is 0 Å². The normalized spacial score (nSPS) is 10.1. The van der Waals surface area contributed by atoms with E-state index in [0.717, 1.165) is 0 Å². The van der Waals surface area contributed by atoms with Gasteiger partial charge in [0.05, 0.1) is 12.8 Å². The molecule has 6 heteroatoms. The predicted molar refractivity (Wildman–Crippen MR) is 75.6 cm³/mol. The summed E-state index contributed by atoms with van der Waals surface area (Å²) in [6.07, 6.45) is 1.56. The number of primary amides is 1. The topological polar surface area (TPSA) is 85.8 Å². The smallest absolute Gasteiger partial charge is 0.260 e. The highest BCUT2D eigenvalue weighted by molar-refractivity contribution is 5.92. The van der Waals surface area contributed by atoms with Gasteiger partial charge in [-0.15, -0.1) is 0 Å². The lowest BCUT2D eigenvalue weighted by molar-refractivity contribution is -0.132. The fourth-order valence-corrected chi connectivity index (χ4v) is 1.70. The number of ether oxygens (including phenoxy) is 1. The molecule has 1 aromatic heterocycles. The molecule has 0 spiro atoms. The number of hydrogen-bond acceptors (Lipinski definition) is 4. The minimum atomic E-state index is -0.504. The van der Waals surface area contributed by atoms with E-state index in [1.807, 2.05) is 0 Å². The molecule has 1 aromatic carbocycles. The van der Waals surface area contributed by atoms with Gasteiger partial charge in [-0.25, -0.2) is 0 Å². The Morgan fingerprint density at radius 3 is 2.52 bits per heavy atom. The van der Waals surface area contributed by atoms with Gasteiger partial charge in [0.1, 0.15) is 11.5 Å². The zero-order valence-electron chi connectivity index (χ0n) is 11.6. The summed E-state index contributed by atoms with van der Waals surface area (Å²) < 4.78 is 10.5. The molecule has 1 heterocycles. The monoisotopic (exact) mass is 288 g/mol. The number of nitrogens with two attached hydrogens (primary N) is 1. The Hall–Kier alpha value is -2.76. The van der Waals surface area contributed by atoms with Crippen molar-refractivity contribution in [1.82, 2.24) is 4.90 Å². The second-order valence-electron chi connectivity index (χ2n) is 4.51. The molecule has 2 amide bonds. The number of likely N-dealkylation sites (N-methyl/N-ethyl adjacent to an activating group) is 1. The van der Waals surface area contributed by atoms with E-state index in [2.05, 4.69) is 0 Å². The van der Waals surface area contributed by atoms with Gasteiger partial charge in [-0.2, -0.15) is 0 Å². The standard InChI is InChI=1S/C15H16N2O4/c1-17(9-13-3-2-8-20-13)14(18)10-21-12-6-4-11(5-7-12)15(16)19/h2-8H,9-10H2,1H3,(H2,16,19). The molecule has 0 bridgehead atoms. The van der Waals surface area contributed by atoms with Crippen LogP contribution in [0.3, 0.4) is 0 Å². The van der Waals surface area contributed by atoms with Crippen LogP contribution in [0.15, 0.2) is 47.1 Å². The number of hydrogen-bond donors (Lipinski definition) is 1. The summed E-state index contributed by atoms with van der Waals surface area (Å²) in [5, 5.41) is 0. The summed E-state index contributed by atoms with van der Waals surface area (Å²) in [4.78, 5) is 24.3. The zero-order valence-corrected chi connectivity index (χ0v) is 11.6. The molecular weight excluding hydrogens is 272 g/mol. The molecule has 0 aliphatic rings. The van der Waals surface area contributed by atoms with E-state index in [1.54, 1.807) is 49.7 Å². The van der Waals surface area contributed by atoms with Gasteiger partial charge in [0.15, 0.2) is 6.61 Å². The number of amides is 2. The Balaban J connectivity index is 1.84. The number of benzene rings is 1. The predicted octanol–water partition coefficient (Wildman–Crippen LogP) is 1.42. The van der Waals surface area contributed by atoms with Crippen LogP contribution in [-0.4, -0.2) is 30.4 Å². The first-order valence-electron chi connectivity index (χ1n) is 6.35. The molecule has 0 saturated heterocycles. The fraction of sp³-hybridized carbons (Fsp3) is 0.200. The van der Waals surface area contributed by atoms with Crippen molar-refractivity contribution in [3.8, 4) is 5.75 Å². The van der Waals surface area contributed by atoms with E-state index in [-0.39, 0.29) is 12.5 Å². The first-order valence-corrected chi connectivity index (χ1v) is 6.35. The molecule has 21 heavy (non-hydrogen) atoms. The molecule has 2 N–H and O–H groups in total. The largest absolute Gasteiger partial charge is 0.484 e. The fourth-order valence-electron chi connectivity index (χ4n) is 1.70. The van der Waals surface area contributed by atoms with Crippen LogP contribution >= 0.6 is 0 Å². The first kappa shape index (κ1) is 14.6. The van der Waals surface area contributed by atoms with Crippen molar-refractivity contribution in [3.63, 3.8) is 0 Å². The average molecular weight is 288 g/mol. The van der Waals surface area contributed by atoms with Gasteiger partial charge in [-0.1, -0.05) is 0 Å². The van der Waals surface area contributed by atoms with E-state index >= 15 is 0 Å². The van der Waals surface area contributed by atoms with Gasteiger partial charge in [0.25, 0.3) is 5.91 Å². The van der Waals surface area contributed by atoms with E-state index in [0.29, 0.717) is 23.6 Å². The Kier molecular flexibility index (Phi) is 4.61. The molecule has 6 nitrogen and oxygen atoms in total. The second-order valence-corrected chi connectivity index (χ2v) is 4.51. The molecule has 0 unspecified atom stereocenters. The van der Waals surface area contributed by atoms with Gasteiger partial charge in [-0.05, 0) is 36.4 Å². The van der Waals surface area contributed by atoms with E-state index in [4.69, 9.17) is 14.9 Å². The number of rotatable bonds is 6. The molecule has 0 saturated carbocycles. The quantitative estimate of drug-likeness (QED) is 0.871. The highest BCUT2D eigenvalue weighted by atomic mass is 16.5. The van der Waals surface area contributed by atoms with Crippen molar-refractivity contribution in [2.75, 3.05) is 13.7 Å². The van der Waals surface area contributed by atoms with Crippen LogP contribution in [0.4, 0.5) is 0 Å². The van der Waals surface area contributed by atoms with Gasteiger partial charge < -0.3 is 19.8 Å². The first-order chi connectivity index (χ1) is 10.1. The minimum Gasteiger partial charge on any atom is -0.484 e. The lowest BCUT2D eigenvalue weighted by Gasteiger charge is -2.16. The molecule has 0 aliphatic heterocycles. The van der Waals surface area contributed by atoms with Gasteiger partial charge in [0, 0.05) is 12.6 Å². The summed E-state index contributed by atoms with van der Waals surface area (Å²) in [5.74, 6) is 0.526. The van der Waals surface area contributed by atoms with Crippen molar-refractivity contribution >= 4 is 11.8 Å². The molecule has 2 rings (SSSR count). The Morgan fingerprint density at radius 2 is 1.95 bits per heavy atom. The van der Waals surface area contributed by atoms with Crippen LogP contribution < -0.4 is 10.5 Å². The van der Waals surface area contributed by atoms with Crippen molar-refractivity contribution in [3.05, 3.63) is 54.0 Å². The third kappa shape index (κ3) is 4.10. The Bertz CT molecular complexity index is 605. The third-order valence-corrected chi connectivity index (χ3v) is 2.90. The Labute approximate surface area is 122 Å². The van der Waals surface area contributed by atoms with Gasteiger partial charge in [0.2, 0.25) is 5.91 Å². The number of carbonyl (C=O) groups is 2. The van der Waals surface area contributed by atoms with E-state index in [9.17, 15) is 9.59 Å². The maximum Gasteiger partial charge on any atom is 0.260 e. The molecular formula is C15H16N2O4. The van der Waals surface area contributed by atoms with Crippen LogP contribution in [0.5, 0.6) is 5.75 Å². The molecule has 2 aromatic rings. The maximum absolute atomic E-state index is 11.9. The van der Waals surface area contributed by atoms with Crippen molar-refractivity contribution in [2.45, 2.75) is 6.54 Å². The summed E-state index contributed by atoms with van der Waals surface area (Å²) in [7, 11) is 1.67. The minimum absolute atomic E-state index is 0.0902. The van der Waals surface area contributed by atoms with Crippen LogP contribution in [0.1, 0.15) is 16.1 Å². The number of nitrogens with zero attached hydrogens (tertiary/aromatic N) is 1. The molecule has 0 radical (unpaired) electrons. The van der Waals surface area contributed by atoms with E-state index in [1.165, 1.54) is 4.90 Å². The molecule has 110 valence electrons. The van der Waals surface area contributed by atoms with Gasteiger partial charge in [-0.3, -0.25) is 9.59 Å². The summed E-state index contributed by atoms with van der Waals surface area (Å²) in [6, 6.07) is 9.86. The van der Waals surface area contributed by atoms with Crippen LogP contribution in [0.2, 0.25) is 0 Å². The molecule has 0 fully saturated rings. The number of furan rings is 1. The Morgan fingerprint density at radius 1 is 1.24 bits per heavy atom. The second kappa shape index (κ2) is 6.60. The lowest BCUT2D eigenvalue weighted by atomic mass is 10.2. The molecule has 0 aliphatic carbocycles. The zero-order chi connectivity index (χ0) is 15.2. The van der Waals surface area contributed by atoms with E-state index < -0.39 is 5.91 Å². The third-order valence-electron chi connectivity index (χ3n) is 2.90. The molecule has 0 atom stereocenters.